The summed E-state index contributed by atoms with van der Waals surface area (Å²) in [5, 5.41) is 3.67. The van der Waals surface area contributed by atoms with E-state index in [1.165, 1.54) is 94.0 Å². The molecular formula is C58H36N2. The fourth-order valence-corrected chi connectivity index (χ4v) is 10.7. The summed E-state index contributed by atoms with van der Waals surface area (Å²) >= 11 is 0. The van der Waals surface area contributed by atoms with Gasteiger partial charge in [0.25, 0.3) is 0 Å². The monoisotopic (exact) mass is 760 g/mol. The van der Waals surface area contributed by atoms with Crippen molar-refractivity contribution in [1.29, 1.82) is 0 Å². The number of hydrogen-bond donors (Lipinski definition) is 0. The summed E-state index contributed by atoms with van der Waals surface area (Å²) in [5.41, 5.74) is 21.4. The van der Waals surface area contributed by atoms with E-state index in [1.54, 1.807) is 0 Å². The van der Waals surface area contributed by atoms with Crippen molar-refractivity contribution < 1.29 is 0 Å². The first kappa shape index (κ1) is 33.2. The Hall–Kier alpha value is -7.81. The molecular weight excluding hydrogens is 725 g/mol. The molecule has 0 fully saturated rings. The van der Waals surface area contributed by atoms with Crippen LogP contribution >= 0.6 is 0 Å². The van der Waals surface area contributed by atoms with E-state index in [0.717, 1.165) is 22.5 Å². The number of rotatable bonds is 5. The second-order valence-corrected chi connectivity index (χ2v) is 16.2. The number of benzene rings is 9. The molecule has 0 radical (unpaired) electrons. The number of nitrogens with zero attached hydrogens (tertiary/aromatic N) is 2. The highest BCUT2D eigenvalue weighted by Gasteiger charge is 2.46. The van der Waals surface area contributed by atoms with Crippen molar-refractivity contribution in [2.75, 3.05) is 0 Å². The van der Waals surface area contributed by atoms with Gasteiger partial charge in [-0.3, -0.25) is 0 Å². The third-order valence-electron chi connectivity index (χ3n) is 13.2. The summed E-state index contributed by atoms with van der Waals surface area (Å²) in [6.07, 6.45) is 0. The molecule has 0 aliphatic heterocycles. The minimum Gasteiger partial charge on any atom is -0.309 e. The Kier molecular flexibility index (Phi) is 6.97. The highest BCUT2D eigenvalue weighted by molar-refractivity contribution is 6.16. The number of hydrogen-bond acceptors (Lipinski definition) is 1. The Balaban J connectivity index is 1.03. The van der Waals surface area contributed by atoms with E-state index in [1.807, 2.05) is 0 Å². The van der Waals surface area contributed by atoms with Crippen molar-refractivity contribution in [2.24, 2.45) is 0 Å². The molecule has 0 N–H and O–H groups in total. The molecule has 2 nitrogen and oxygen atoms in total. The van der Waals surface area contributed by atoms with Gasteiger partial charge in [0.1, 0.15) is 0 Å². The van der Waals surface area contributed by atoms with Crippen molar-refractivity contribution in [3.05, 3.63) is 241 Å². The molecule has 2 heteroatoms. The highest BCUT2D eigenvalue weighted by Crippen LogP contribution is 2.57. The van der Waals surface area contributed by atoms with Crippen LogP contribution in [0.5, 0.6) is 0 Å². The minimum absolute atomic E-state index is 0.457. The van der Waals surface area contributed by atoms with Crippen LogP contribution in [0.15, 0.2) is 218 Å². The summed E-state index contributed by atoms with van der Waals surface area (Å²) in [5.74, 6) is 0. The summed E-state index contributed by atoms with van der Waals surface area (Å²) in [4.78, 5) is 5.31. The fraction of sp³-hybridized carbons (Fsp3) is 0.0172. The first-order valence-electron chi connectivity index (χ1n) is 20.8. The molecule has 0 spiro atoms. The topological polar surface area (TPSA) is 17.8 Å². The second kappa shape index (κ2) is 12.6. The van der Waals surface area contributed by atoms with Gasteiger partial charge in [-0.15, -0.1) is 0 Å². The van der Waals surface area contributed by atoms with Crippen LogP contribution in [0.3, 0.4) is 0 Å². The molecule has 0 atom stereocenters. The molecule has 278 valence electrons. The predicted octanol–water partition coefficient (Wildman–Crippen LogP) is 14.7. The number of para-hydroxylation sites is 1. The van der Waals surface area contributed by atoms with Crippen molar-refractivity contribution in [2.45, 2.75) is 5.41 Å². The lowest BCUT2D eigenvalue weighted by molar-refractivity contribution is 0.769. The molecule has 2 aliphatic rings. The Labute approximate surface area is 348 Å². The van der Waals surface area contributed by atoms with Gasteiger partial charge in [0.05, 0.1) is 27.7 Å². The lowest BCUT2D eigenvalue weighted by Gasteiger charge is -2.34. The van der Waals surface area contributed by atoms with E-state index in [9.17, 15) is 0 Å². The molecule has 0 unspecified atom stereocenters. The van der Waals surface area contributed by atoms with Gasteiger partial charge >= 0.3 is 0 Å². The standard InChI is InChI=1S/C58H36N2/c1-4-15-40(16-5-1)58(41-17-6-2-7-18-41)51-25-13-12-23-45(51)46-30-27-38(35-52(46)58)37-28-31-55-48(33-37)49-34-39(29-32-56(49)60(55)42-19-8-3-9-20-42)54-36-50-44-22-11-10-21-43(44)47-24-14-26-53(59-54)57(47)50/h1-36H. The summed E-state index contributed by atoms with van der Waals surface area (Å²) in [7, 11) is 0. The molecule has 0 amide bonds. The van der Waals surface area contributed by atoms with Crippen LogP contribution in [-0.2, 0) is 5.41 Å². The maximum atomic E-state index is 5.31. The van der Waals surface area contributed by atoms with Crippen molar-refractivity contribution in [1.82, 2.24) is 9.55 Å². The fourth-order valence-electron chi connectivity index (χ4n) is 10.7. The van der Waals surface area contributed by atoms with E-state index in [4.69, 9.17) is 4.98 Å². The number of fused-ring (bicyclic) bond motifs is 9. The van der Waals surface area contributed by atoms with E-state index < -0.39 is 5.41 Å². The van der Waals surface area contributed by atoms with Gasteiger partial charge in [-0.25, -0.2) is 4.98 Å². The van der Waals surface area contributed by atoms with Gasteiger partial charge in [0.15, 0.2) is 0 Å². The van der Waals surface area contributed by atoms with Gasteiger partial charge in [-0.1, -0.05) is 164 Å². The molecule has 0 bridgehead atoms. The Bertz CT molecular complexity index is 3490. The zero-order valence-corrected chi connectivity index (χ0v) is 32.7. The Morgan fingerprint density at radius 3 is 1.60 bits per heavy atom. The maximum absolute atomic E-state index is 5.31. The molecule has 2 aliphatic carbocycles. The van der Waals surface area contributed by atoms with Crippen LogP contribution in [0.25, 0.3) is 94.2 Å². The quantitative estimate of drug-likeness (QED) is 0.171. The number of aromatic nitrogens is 2. The van der Waals surface area contributed by atoms with Crippen LogP contribution in [0.1, 0.15) is 22.3 Å². The van der Waals surface area contributed by atoms with Crippen LogP contribution in [0.4, 0.5) is 0 Å². The van der Waals surface area contributed by atoms with Gasteiger partial charge in [0.2, 0.25) is 0 Å². The largest absolute Gasteiger partial charge is 0.309 e. The van der Waals surface area contributed by atoms with E-state index in [2.05, 4.69) is 223 Å². The third-order valence-corrected chi connectivity index (χ3v) is 13.2. The van der Waals surface area contributed by atoms with E-state index >= 15 is 0 Å². The molecule has 0 saturated carbocycles. The SMILES string of the molecule is c1ccc(-n2c3ccc(-c4ccc5c(c4)C(c4ccccc4)(c4ccccc4)c4ccccc4-5)cc3c3cc(-c4cc5c6c(cccc6n4)-c4ccccc4-5)ccc32)cc1. The molecule has 2 aromatic heterocycles. The normalized spacial score (nSPS) is 13.1. The molecule has 0 saturated heterocycles. The van der Waals surface area contributed by atoms with Crippen LogP contribution < -0.4 is 0 Å². The van der Waals surface area contributed by atoms with Gasteiger partial charge in [-0.2, -0.15) is 0 Å². The summed E-state index contributed by atoms with van der Waals surface area (Å²) in [6.45, 7) is 0. The lowest BCUT2D eigenvalue weighted by atomic mass is 9.67. The number of pyridine rings is 1. The molecule has 60 heavy (non-hydrogen) atoms. The molecule has 2 heterocycles. The smallest absolute Gasteiger partial charge is 0.0722 e. The summed E-state index contributed by atoms with van der Waals surface area (Å²) < 4.78 is 2.41. The average Bonchev–Trinajstić information content (AvgIpc) is 3.94. The van der Waals surface area contributed by atoms with Gasteiger partial charge < -0.3 is 4.57 Å². The lowest BCUT2D eigenvalue weighted by Crippen LogP contribution is -2.28. The second-order valence-electron chi connectivity index (χ2n) is 16.2. The molecule has 9 aromatic carbocycles. The minimum atomic E-state index is -0.457. The van der Waals surface area contributed by atoms with Crippen molar-refractivity contribution >= 4 is 32.7 Å². The zero-order valence-electron chi connectivity index (χ0n) is 32.7. The predicted molar refractivity (Wildman–Crippen MR) is 249 cm³/mol. The Morgan fingerprint density at radius 1 is 0.350 bits per heavy atom. The van der Waals surface area contributed by atoms with Crippen LogP contribution in [0, 0.1) is 0 Å². The van der Waals surface area contributed by atoms with E-state index in [-0.39, 0.29) is 0 Å². The van der Waals surface area contributed by atoms with E-state index in [0.29, 0.717) is 0 Å². The first-order chi connectivity index (χ1) is 29.8. The van der Waals surface area contributed by atoms with Crippen LogP contribution in [0.2, 0.25) is 0 Å². The average molecular weight is 761 g/mol. The van der Waals surface area contributed by atoms with Gasteiger partial charge in [0, 0.05) is 27.4 Å². The van der Waals surface area contributed by atoms with Gasteiger partial charge in [-0.05, 0) is 121 Å². The molecule has 13 rings (SSSR count). The Morgan fingerprint density at radius 2 is 0.883 bits per heavy atom. The zero-order chi connectivity index (χ0) is 39.4. The molecule has 11 aromatic rings. The first-order valence-corrected chi connectivity index (χ1v) is 20.8. The van der Waals surface area contributed by atoms with Crippen molar-refractivity contribution in [3.8, 4) is 61.5 Å². The highest BCUT2D eigenvalue weighted by atomic mass is 15.0. The maximum Gasteiger partial charge on any atom is 0.0722 e. The van der Waals surface area contributed by atoms with Crippen molar-refractivity contribution in [3.63, 3.8) is 0 Å². The third kappa shape index (κ3) is 4.56. The summed E-state index contributed by atoms with van der Waals surface area (Å²) in [6, 6.07) is 80.5. The van der Waals surface area contributed by atoms with Crippen LogP contribution in [-0.4, -0.2) is 9.55 Å².